The second-order valence-electron chi connectivity index (χ2n) is 4.61. The summed E-state index contributed by atoms with van der Waals surface area (Å²) in [6.07, 6.45) is 2.25. The normalized spacial score (nSPS) is 17.4. The van der Waals surface area contributed by atoms with E-state index in [9.17, 15) is 8.78 Å². The van der Waals surface area contributed by atoms with E-state index < -0.39 is 11.6 Å². The van der Waals surface area contributed by atoms with Gasteiger partial charge in [-0.25, -0.2) is 8.78 Å². The van der Waals surface area contributed by atoms with Gasteiger partial charge in [0.05, 0.1) is 0 Å². The number of halogens is 4. The van der Waals surface area contributed by atoms with Crippen molar-refractivity contribution in [2.45, 2.75) is 12.5 Å². The molecule has 0 aromatic heterocycles. The molecule has 112 valence electrons. The Morgan fingerprint density at radius 3 is 2.35 bits per heavy atom. The lowest BCUT2D eigenvalue weighted by Crippen LogP contribution is -2.45. The van der Waals surface area contributed by atoms with Crippen LogP contribution in [-0.4, -0.2) is 31.1 Å². The quantitative estimate of drug-likeness (QED) is 0.817. The van der Waals surface area contributed by atoms with Crippen LogP contribution in [0, 0.1) is 11.6 Å². The Labute approximate surface area is 132 Å². The summed E-state index contributed by atoms with van der Waals surface area (Å²) in [5, 5.41) is 3.24. The Kier molecular flexibility index (Phi) is 7.09. The molecular formula is C14H18BrClF2N2. The number of hydrogen-bond donors (Lipinski definition) is 1. The van der Waals surface area contributed by atoms with Crippen LogP contribution in [0.2, 0.25) is 0 Å². The molecule has 2 rings (SSSR count). The number of nitrogens with zero attached hydrogens (tertiary/aromatic N) is 1. The summed E-state index contributed by atoms with van der Waals surface area (Å²) < 4.78 is 28.6. The molecule has 1 aliphatic rings. The first-order chi connectivity index (χ1) is 9.13. The fourth-order valence-corrected chi connectivity index (χ4v) is 2.87. The highest BCUT2D eigenvalue weighted by Gasteiger charge is 2.26. The van der Waals surface area contributed by atoms with Crippen LogP contribution in [0.25, 0.3) is 0 Å². The third kappa shape index (κ3) is 4.01. The van der Waals surface area contributed by atoms with E-state index in [-0.39, 0.29) is 24.0 Å². The molecule has 0 bridgehead atoms. The summed E-state index contributed by atoms with van der Waals surface area (Å²) in [5.74, 6) is -1.01. The van der Waals surface area contributed by atoms with E-state index in [1.54, 1.807) is 6.08 Å². The molecule has 0 saturated carbocycles. The largest absolute Gasteiger partial charge is 0.314 e. The highest BCUT2D eigenvalue weighted by Crippen LogP contribution is 2.31. The molecule has 6 heteroatoms. The second kappa shape index (κ2) is 8.08. The van der Waals surface area contributed by atoms with Gasteiger partial charge in [0.15, 0.2) is 0 Å². The van der Waals surface area contributed by atoms with Crippen LogP contribution >= 0.6 is 28.3 Å². The van der Waals surface area contributed by atoms with E-state index >= 15 is 0 Å². The summed E-state index contributed by atoms with van der Waals surface area (Å²) in [6, 6.07) is 2.35. The first kappa shape index (κ1) is 17.6. The minimum Gasteiger partial charge on any atom is -0.314 e. The first-order valence-corrected chi connectivity index (χ1v) is 7.13. The maximum absolute atomic E-state index is 14.1. The van der Waals surface area contributed by atoms with Crippen molar-refractivity contribution >= 4 is 28.3 Å². The molecule has 1 saturated heterocycles. The molecule has 1 N–H and O–H groups in total. The van der Waals surface area contributed by atoms with Gasteiger partial charge in [0.2, 0.25) is 0 Å². The van der Waals surface area contributed by atoms with Gasteiger partial charge in [0.25, 0.3) is 0 Å². The number of rotatable bonds is 4. The van der Waals surface area contributed by atoms with Crippen LogP contribution in [-0.2, 0) is 0 Å². The molecule has 1 fully saturated rings. The van der Waals surface area contributed by atoms with Crippen molar-refractivity contribution in [3.8, 4) is 0 Å². The van der Waals surface area contributed by atoms with Crippen molar-refractivity contribution < 1.29 is 8.78 Å². The third-order valence-electron chi connectivity index (χ3n) is 3.36. The zero-order chi connectivity index (χ0) is 13.8. The van der Waals surface area contributed by atoms with Gasteiger partial charge in [-0.05, 0) is 18.6 Å². The second-order valence-corrected chi connectivity index (χ2v) is 5.52. The average Bonchev–Trinajstić information content (AvgIpc) is 2.37. The first-order valence-electron chi connectivity index (χ1n) is 6.33. The fourth-order valence-electron chi connectivity index (χ4n) is 2.47. The average molecular weight is 368 g/mol. The van der Waals surface area contributed by atoms with Gasteiger partial charge in [-0.1, -0.05) is 22.0 Å². The zero-order valence-electron chi connectivity index (χ0n) is 11.0. The van der Waals surface area contributed by atoms with Gasteiger partial charge >= 0.3 is 0 Å². The standard InChI is InChI=1S/C14H17BrF2N2.ClH/c1-2-3-13(19-6-4-18-5-7-19)14-11(16)8-10(15)9-12(14)17;/h2,8-9,13,18H,1,3-7H2;1H/t13-;/m1./s1. The SMILES string of the molecule is C=CC[C@H](c1c(F)cc(Br)cc1F)N1CCNCC1.Cl. The van der Waals surface area contributed by atoms with Gasteiger partial charge in [0, 0.05) is 42.3 Å². The molecule has 1 aromatic rings. The van der Waals surface area contributed by atoms with Crippen molar-refractivity contribution in [3.05, 3.63) is 46.5 Å². The van der Waals surface area contributed by atoms with Crippen LogP contribution in [0.4, 0.5) is 8.78 Å². The summed E-state index contributed by atoms with van der Waals surface area (Å²) in [6.45, 7) is 6.95. The van der Waals surface area contributed by atoms with Crippen LogP contribution in [0.5, 0.6) is 0 Å². The van der Waals surface area contributed by atoms with Crippen molar-refractivity contribution in [2.75, 3.05) is 26.2 Å². The van der Waals surface area contributed by atoms with Crippen LogP contribution in [0.3, 0.4) is 0 Å². The van der Waals surface area contributed by atoms with E-state index in [4.69, 9.17) is 0 Å². The number of piperazine rings is 1. The monoisotopic (exact) mass is 366 g/mol. The van der Waals surface area contributed by atoms with E-state index in [0.29, 0.717) is 10.9 Å². The molecule has 1 heterocycles. The lowest BCUT2D eigenvalue weighted by atomic mass is 10.00. The van der Waals surface area contributed by atoms with Crippen molar-refractivity contribution in [1.82, 2.24) is 10.2 Å². The highest BCUT2D eigenvalue weighted by molar-refractivity contribution is 9.10. The van der Waals surface area contributed by atoms with Crippen molar-refractivity contribution in [3.63, 3.8) is 0 Å². The molecule has 1 aromatic carbocycles. The molecule has 0 unspecified atom stereocenters. The predicted molar refractivity (Wildman–Crippen MR) is 83.3 cm³/mol. The summed E-state index contributed by atoms with van der Waals surface area (Å²) in [5.41, 5.74) is 0.144. The fraction of sp³-hybridized carbons (Fsp3) is 0.429. The highest BCUT2D eigenvalue weighted by atomic mass is 79.9. The van der Waals surface area contributed by atoms with Gasteiger partial charge in [-0.2, -0.15) is 0 Å². The van der Waals surface area contributed by atoms with Gasteiger partial charge in [0.1, 0.15) is 11.6 Å². The maximum atomic E-state index is 14.1. The van der Waals surface area contributed by atoms with E-state index in [2.05, 4.69) is 32.7 Å². The van der Waals surface area contributed by atoms with Gasteiger partial charge < -0.3 is 5.32 Å². The topological polar surface area (TPSA) is 15.3 Å². The number of nitrogens with one attached hydrogen (secondary N) is 1. The smallest absolute Gasteiger partial charge is 0.132 e. The molecule has 0 radical (unpaired) electrons. The van der Waals surface area contributed by atoms with E-state index in [1.165, 1.54) is 12.1 Å². The Morgan fingerprint density at radius 1 is 1.30 bits per heavy atom. The Hall–Kier alpha value is -0.490. The Balaban J connectivity index is 0.00000200. The lowest BCUT2D eigenvalue weighted by molar-refractivity contribution is 0.168. The van der Waals surface area contributed by atoms with E-state index in [0.717, 1.165) is 26.2 Å². The Bertz CT molecular complexity index is 441. The summed E-state index contributed by atoms with van der Waals surface area (Å²) in [7, 11) is 0. The molecule has 2 nitrogen and oxygen atoms in total. The van der Waals surface area contributed by atoms with E-state index in [1.807, 2.05) is 0 Å². The third-order valence-corrected chi connectivity index (χ3v) is 3.82. The predicted octanol–water partition coefficient (Wildman–Crippen LogP) is 3.67. The van der Waals surface area contributed by atoms with Gasteiger partial charge in [-0.15, -0.1) is 19.0 Å². The molecular weight excluding hydrogens is 350 g/mol. The zero-order valence-corrected chi connectivity index (χ0v) is 13.4. The minimum absolute atomic E-state index is 0. The van der Waals surface area contributed by atoms with Crippen LogP contribution in [0.15, 0.2) is 29.3 Å². The summed E-state index contributed by atoms with van der Waals surface area (Å²) in [4.78, 5) is 2.10. The van der Waals surface area contributed by atoms with Crippen molar-refractivity contribution in [1.29, 1.82) is 0 Å². The molecule has 20 heavy (non-hydrogen) atoms. The lowest BCUT2D eigenvalue weighted by Gasteiger charge is -2.35. The maximum Gasteiger partial charge on any atom is 0.132 e. The number of hydrogen-bond acceptors (Lipinski definition) is 2. The van der Waals surface area contributed by atoms with Crippen molar-refractivity contribution in [2.24, 2.45) is 0 Å². The van der Waals surface area contributed by atoms with Crippen LogP contribution < -0.4 is 5.32 Å². The number of benzene rings is 1. The summed E-state index contributed by atoms with van der Waals surface area (Å²) >= 11 is 3.11. The molecule has 1 aliphatic heterocycles. The Morgan fingerprint density at radius 2 is 1.85 bits per heavy atom. The molecule has 0 spiro atoms. The molecule has 0 amide bonds. The molecule has 1 atom stereocenters. The molecule has 0 aliphatic carbocycles. The minimum atomic E-state index is -0.503. The van der Waals surface area contributed by atoms with Crippen LogP contribution in [0.1, 0.15) is 18.0 Å². The van der Waals surface area contributed by atoms with Gasteiger partial charge in [-0.3, -0.25) is 4.90 Å².